The Morgan fingerprint density at radius 1 is 1.16 bits per heavy atom. The van der Waals surface area contributed by atoms with Crippen LogP contribution in [0.3, 0.4) is 0 Å². The van der Waals surface area contributed by atoms with E-state index in [0.29, 0.717) is 19.4 Å². The monoisotopic (exact) mass is 428 g/mol. The molecule has 3 aromatic carbocycles. The van der Waals surface area contributed by atoms with E-state index in [1.54, 1.807) is 4.90 Å². The highest BCUT2D eigenvalue weighted by Gasteiger charge is 2.34. The summed E-state index contributed by atoms with van der Waals surface area (Å²) in [7, 11) is 0. The maximum absolute atomic E-state index is 12.9. The fourth-order valence-corrected chi connectivity index (χ4v) is 4.95. The third kappa shape index (κ3) is 3.62. The maximum atomic E-state index is 12.9. The highest BCUT2D eigenvalue weighted by Crippen LogP contribution is 2.40. The summed E-state index contributed by atoms with van der Waals surface area (Å²) >= 11 is 0. The van der Waals surface area contributed by atoms with Crippen LogP contribution in [0.25, 0.3) is 10.8 Å². The quantitative estimate of drug-likeness (QED) is 0.599. The van der Waals surface area contributed by atoms with Crippen molar-refractivity contribution in [2.24, 2.45) is 0 Å². The molecule has 32 heavy (non-hydrogen) atoms. The lowest BCUT2D eigenvalue weighted by atomic mass is 9.89. The molecular formula is C27H28N2O3. The Labute approximate surface area is 188 Å². The van der Waals surface area contributed by atoms with E-state index in [9.17, 15) is 9.59 Å². The summed E-state index contributed by atoms with van der Waals surface area (Å²) in [4.78, 5) is 27.5. The fraction of sp³-hybridized carbons (Fsp3) is 0.333. The van der Waals surface area contributed by atoms with Gasteiger partial charge in [0.15, 0.2) is 0 Å². The van der Waals surface area contributed by atoms with Crippen LogP contribution < -0.4 is 15.0 Å². The largest absolute Gasteiger partial charge is 0.487 e. The Bertz CT molecular complexity index is 1230. The topological polar surface area (TPSA) is 58.6 Å². The summed E-state index contributed by atoms with van der Waals surface area (Å²) in [5.74, 6) is 0.870. The van der Waals surface area contributed by atoms with Gasteiger partial charge in [-0.05, 0) is 56.3 Å². The molecule has 0 bridgehead atoms. The van der Waals surface area contributed by atoms with Crippen molar-refractivity contribution in [2.75, 3.05) is 11.4 Å². The first-order valence-corrected chi connectivity index (χ1v) is 11.2. The number of benzene rings is 3. The average molecular weight is 429 g/mol. The first-order chi connectivity index (χ1) is 15.3. The van der Waals surface area contributed by atoms with Gasteiger partial charge < -0.3 is 15.0 Å². The van der Waals surface area contributed by atoms with Crippen LogP contribution in [0.2, 0.25) is 0 Å². The number of carbonyl (C=O) groups excluding carboxylic acids is 2. The Balaban J connectivity index is 1.24. The molecule has 0 aromatic heterocycles. The van der Waals surface area contributed by atoms with E-state index in [-0.39, 0.29) is 23.5 Å². The van der Waals surface area contributed by atoms with Crippen molar-refractivity contribution in [3.63, 3.8) is 0 Å². The van der Waals surface area contributed by atoms with Gasteiger partial charge in [0.25, 0.3) is 5.91 Å². The predicted octanol–water partition coefficient (Wildman–Crippen LogP) is 5.31. The van der Waals surface area contributed by atoms with E-state index < -0.39 is 0 Å². The van der Waals surface area contributed by atoms with Gasteiger partial charge in [-0.2, -0.15) is 0 Å². The average Bonchev–Trinajstić information content (AvgIpc) is 3.01. The van der Waals surface area contributed by atoms with Gasteiger partial charge >= 0.3 is 0 Å². The molecule has 0 fully saturated rings. The molecule has 0 spiro atoms. The van der Waals surface area contributed by atoms with Crippen LogP contribution in [0.1, 0.15) is 60.6 Å². The highest BCUT2D eigenvalue weighted by atomic mass is 16.5. The number of nitrogens with one attached hydrogen (secondary N) is 1. The molecule has 1 atom stereocenters. The van der Waals surface area contributed by atoms with Gasteiger partial charge in [0.2, 0.25) is 5.91 Å². The standard InChI is InChI=1S/C27H28N2O3/c1-17-12-13-19-21(16-27(2,3)32-23(19)15-17)28-24(30)11-6-14-29-22-10-5-8-18-7-4-9-20(25(18)22)26(29)31/h4-5,7-10,12-13,15,21H,6,11,14,16H2,1-3H3,(H,28,30)/t21-/m1/s1. The highest BCUT2D eigenvalue weighted by molar-refractivity contribution is 6.25. The second-order valence-electron chi connectivity index (χ2n) is 9.47. The summed E-state index contributed by atoms with van der Waals surface area (Å²) in [6.07, 6.45) is 1.70. The zero-order chi connectivity index (χ0) is 22.5. The molecule has 0 unspecified atom stereocenters. The lowest BCUT2D eigenvalue weighted by molar-refractivity contribution is -0.122. The van der Waals surface area contributed by atoms with Crippen LogP contribution in [-0.4, -0.2) is 24.0 Å². The van der Waals surface area contributed by atoms with Gasteiger partial charge in [-0.1, -0.05) is 36.4 Å². The van der Waals surface area contributed by atoms with Crippen LogP contribution >= 0.6 is 0 Å². The van der Waals surface area contributed by atoms with E-state index in [2.05, 4.69) is 25.2 Å². The molecule has 0 saturated carbocycles. The number of anilines is 1. The normalized spacial score (nSPS) is 18.4. The molecule has 2 amide bonds. The van der Waals surface area contributed by atoms with Crippen molar-refractivity contribution in [3.05, 3.63) is 71.3 Å². The molecule has 0 saturated heterocycles. The lowest BCUT2D eigenvalue weighted by Crippen LogP contribution is -2.41. The third-order valence-corrected chi connectivity index (χ3v) is 6.40. The number of carbonyl (C=O) groups is 2. The van der Waals surface area contributed by atoms with Crippen LogP contribution in [-0.2, 0) is 4.79 Å². The summed E-state index contributed by atoms with van der Waals surface area (Å²) in [6.45, 7) is 6.66. The zero-order valence-electron chi connectivity index (χ0n) is 18.8. The lowest BCUT2D eigenvalue weighted by Gasteiger charge is -2.38. The van der Waals surface area contributed by atoms with Gasteiger partial charge in [-0.25, -0.2) is 0 Å². The maximum Gasteiger partial charge on any atom is 0.258 e. The summed E-state index contributed by atoms with van der Waals surface area (Å²) < 4.78 is 6.14. The van der Waals surface area contributed by atoms with Gasteiger partial charge in [0, 0.05) is 35.9 Å². The van der Waals surface area contributed by atoms with Gasteiger partial charge in [-0.15, -0.1) is 0 Å². The Kier molecular flexibility index (Phi) is 4.92. The molecule has 5 nitrogen and oxygen atoms in total. The minimum Gasteiger partial charge on any atom is -0.487 e. The molecule has 0 aliphatic carbocycles. The van der Waals surface area contributed by atoms with E-state index in [4.69, 9.17) is 4.74 Å². The number of rotatable bonds is 5. The van der Waals surface area contributed by atoms with Crippen molar-refractivity contribution in [1.82, 2.24) is 5.32 Å². The zero-order valence-corrected chi connectivity index (χ0v) is 18.8. The molecule has 1 N–H and O–H groups in total. The van der Waals surface area contributed by atoms with E-state index in [0.717, 1.165) is 45.3 Å². The van der Waals surface area contributed by atoms with Crippen molar-refractivity contribution >= 4 is 28.3 Å². The number of hydrogen-bond acceptors (Lipinski definition) is 3. The summed E-state index contributed by atoms with van der Waals surface area (Å²) in [5.41, 5.74) is 3.52. The Morgan fingerprint density at radius 3 is 2.75 bits per heavy atom. The van der Waals surface area contributed by atoms with Crippen LogP contribution in [0.15, 0.2) is 54.6 Å². The van der Waals surface area contributed by atoms with E-state index >= 15 is 0 Å². The third-order valence-electron chi connectivity index (χ3n) is 6.40. The van der Waals surface area contributed by atoms with Crippen molar-refractivity contribution < 1.29 is 14.3 Å². The summed E-state index contributed by atoms with van der Waals surface area (Å²) in [6, 6.07) is 17.9. The first kappa shape index (κ1) is 20.6. The number of fused-ring (bicyclic) bond motifs is 1. The van der Waals surface area contributed by atoms with Gasteiger partial charge in [-0.3, -0.25) is 9.59 Å². The van der Waals surface area contributed by atoms with Crippen LogP contribution in [0.4, 0.5) is 5.69 Å². The molecule has 0 radical (unpaired) electrons. The second kappa shape index (κ2) is 7.66. The molecule has 5 rings (SSSR count). The Hall–Kier alpha value is -3.34. The molecule has 3 aromatic rings. The predicted molar refractivity (Wildman–Crippen MR) is 126 cm³/mol. The van der Waals surface area contributed by atoms with Crippen molar-refractivity contribution in [1.29, 1.82) is 0 Å². The molecule has 5 heteroatoms. The smallest absolute Gasteiger partial charge is 0.258 e. The second-order valence-corrected chi connectivity index (χ2v) is 9.47. The van der Waals surface area contributed by atoms with Crippen LogP contribution in [0.5, 0.6) is 5.75 Å². The Morgan fingerprint density at radius 2 is 1.94 bits per heavy atom. The summed E-state index contributed by atoms with van der Waals surface area (Å²) in [5, 5.41) is 5.29. The van der Waals surface area contributed by atoms with Crippen molar-refractivity contribution in [3.8, 4) is 5.75 Å². The molecule has 2 heterocycles. The van der Waals surface area contributed by atoms with E-state index in [1.165, 1.54) is 0 Å². The minimum atomic E-state index is -0.342. The van der Waals surface area contributed by atoms with E-state index in [1.807, 2.05) is 55.5 Å². The van der Waals surface area contributed by atoms with Gasteiger partial charge in [0.1, 0.15) is 11.4 Å². The minimum absolute atomic E-state index is 0.00148. The molecule has 164 valence electrons. The van der Waals surface area contributed by atoms with Gasteiger partial charge in [0.05, 0.1) is 11.7 Å². The molecule has 2 aliphatic heterocycles. The first-order valence-electron chi connectivity index (χ1n) is 11.2. The number of amides is 2. The number of aryl methyl sites for hydroxylation is 1. The number of nitrogens with zero attached hydrogens (tertiary/aromatic N) is 1. The number of hydrogen-bond donors (Lipinski definition) is 1. The van der Waals surface area contributed by atoms with Crippen molar-refractivity contribution in [2.45, 2.75) is 51.7 Å². The number of ether oxygens (including phenoxy) is 1. The molecule has 2 aliphatic rings. The fourth-order valence-electron chi connectivity index (χ4n) is 4.95. The molecular weight excluding hydrogens is 400 g/mol. The SMILES string of the molecule is Cc1ccc2c(c1)OC(C)(C)C[C@H]2NC(=O)CCCN1C(=O)c2cccc3cccc1c23. The van der Waals surface area contributed by atoms with Crippen LogP contribution in [0, 0.1) is 6.92 Å².